The fourth-order valence-corrected chi connectivity index (χ4v) is 4.00. The van der Waals surface area contributed by atoms with E-state index in [2.05, 4.69) is 43.4 Å². The number of nitrogens with zero attached hydrogens (tertiary/aromatic N) is 1. The van der Waals surface area contributed by atoms with Crippen LogP contribution in [0.4, 0.5) is 0 Å². The summed E-state index contributed by atoms with van der Waals surface area (Å²) in [6.07, 6.45) is 6.43. The smallest absolute Gasteiger partial charge is 0.232 e. The van der Waals surface area contributed by atoms with E-state index in [1.165, 1.54) is 24.8 Å². The second-order valence-corrected chi connectivity index (χ2v) is 8.18. The van der Waals surface area contributed by atoms with Crippen LogP contribution in [0.3, 0.4) is 0 Å². The summed E-state index contributed by atoms with van der Waals surface area (Å²) in [5, 5.41) is 3.05. The van der Waals surface area contributed by atoms with Crippen molar-refractivity contribution < 1.29 is 9.59 Å². The highest BCUT2D eigenvalue weighted by molar-refractivity contribution is 8.00. The lowest BCUT2D eigenvalue weighted by atomic mass is 9.97. The third-order valence-electron chi connectivity index (χ3n) is 4.86. The second kappa shape index (κ2) is 11.3. The maximum absolute atomic E-state index is 12.5. The van der Waals surface area contributed by atoms with Gasteiger partial charge >= 0.3 is 0 Å². The van der Waals surface area contributed by atoms with Crippen LogP contribution in [0, 0.1) is 12.8 Å². The van der Waals surface area contributed by atoms with Gasteiger partial charge < -0.3 is 10.2 Å². The number of likely N-dealkylation sites (tertiary alicyclic amines) is 1. The number of benzene rings is 1. The highest BCUT2D eigenvalue weighted by Crippen LogP contribution is 2.21. The molecule has 1 unspecified atom stereocenters. The summed E-state index contributed by atoms with van der Waals surface area (Å²) in [5.74, 6) is 0.637. The van der Waals surface area contributed by atoms with Crippen LogP contribution in [-0.2, 0) is 9.59 Å². The fraction of sp³-hybridized carbons (Fsp3) is 0.619. The monoisotopic (exact) mass is 376 g/mol. The molecule has 2 amide bonds. The molecule has 0 bridgehead atoms. The molecule has 5 heteroatoms. The van der Waals surface area contributed by atoms with Crippen molar-refractivity contribution in [1.82, 2.24) is 10.2 Å². The van der Waals surface area contributed by atoms with Crippen molar-refractivity contribution in [2.24, 2.45) is 5.92 Å². The van der Waals surface area contributed by atoms with Crippen molar-refractivity contribution in [3.05, 3.63) is 29.8 Å². The molecule has 1 N–H and O–H groups in total. The predicted molar refractivity (Wildman–Crippen MR) is 108 cm³/mol. The average molecular weight is 377 g/mol. The minimum Gasteiger partial charge on any atom is -0.356 e. The Morgan fingerprint density at radius 1 is 1.19 bits per heavy atom. The van der Waals surface area contributed by atoms with E-state index in [0.717, 1.165) is 37.2 Å². The molecule has 1 atom stereocenters. The molecule has 0 aromatic heterocycles. The lowest BCUT2D eigenvalue weighted by molar-refractivity contribution is -0.133. The number of thioether (sulfide) groups is 1. The van der Waals surface area contributed by atoms with Gasteiger partial charge in [0.2, 0.25) is 11.8 Å². The number of piperidine rings is 1. The number of unbranched alkanes of at least 4 members (excludes halogenated alkanes) is 3. The van der Waals surface area contributed by atoms with Gasteiger partial charge in [-0.15, -0.1) is 11.8 Å². The number of carbonyl (C=O) groups is 2. The summed E-state index contributed by atoms with van der Waals surface area (Å²) in [6.45, 7) is 6.33. The first-order valence-corrected chi connectivity index (χ1v) is 10.8. The number of amides is 2. The summed E-state index contributed by atoms with van der Waals surface area (Å²) >= 11 is 1.57. The largest absolute Gasteiger partial charge is 0.356 e. The molecule has 2 rings (SSSR count). The summed E-state index contributed by atoms with van der Waals surface area (Å²) in [6, 6.07) is 8.24. The van der Waals surface area contributed by atoms with Crippen LogP contribution < -0.4 is 5.32 Å². The molecule has 1 aromatic carbocycles. The number of rotatable bonds is 9. The molecule has 0 radical (unpaired) electrons. The van der Waals surface area contributed by atoms with Crippen LogP contribution in [0.5, 0.6) is 0 Å². The van der Waals surface area contributed by atoms with E-state index in [0.29, 0.717) is 12.3 Å². The van der Waals surface area contributed by atoms with Gasteiger partial charge in [-0.2, -0.15) is 0 Å². The molecule has 4 nitrogen and oxygen atoms in total. The van der Waals surface area contributed by atoms with E-state index in [4.69, 9.17) is 0 Å². The van der Waals surface area contributed by atoms with Crippen molar-refractivity contribution >= 4 is 23.6 Å². The number of hydrogen-bond donors (Lipinski definition) is 1. The quantitative estimate of drug-likeness (QED) is 0.523. The van der Waals surface area contributed by atoms with Gasteiger partial charge in [0.05, 0.1) is 11.7 Å². The molecule has 1 fully saturated rings. The number of carbonyl (C=O) groups excluding carboxylic acids is 2. The van der Waals surface area contributed by atoms with Gasteiger partial charge in [0.25, 0.3) is 0 Å². The maximum atomic E-state index is 12.5. The number of nitrogens with one attached hydrogen (secondary N) is 1. The van der Waals surface area contributed by atoms with Gasteiger partial charge in [-0.05, 0) is 38.3 Å². The van der Waals surface area contributed by atoms with Crippen molar-refractivity contribution in [3.8, 4) is 0 Å². The van der Waals surface area contributed by atoms with Crippen LogP contribution in [-0.4, -0.2) is 42.1 Å². The predicted octanol–water partition coefficient (Wildman–Crippen LogP) is 4.02. The van der Waals surface area contributed by atoms with E-state index in [-0.39, 0.29) is 17.7 Å². The summed E-state index contributed by atoms with van der Waals surface area (Å²) in [5.41, 5.74) is 1.22. The molecular weight excluding hydrogens is 344 g/mol. The highest BCUT2D eigenvalue weighted by Gasteiger charge is 2.28. The molecule has 1 aromatic rings. The van der Waals surface area contributed by atoms with Crippen LogP contribution >= 0.6 is 11.8 Å². The van der Waals surface area contributed by atoms with Crippen molar-refractivity contribution in [1.29, 1.82) is 0 Å². The van der Waals surface area contributed by atoms with Crippen LogP contribution in [0.15, 0.2) is 29.2 Å². The van der Waals surface area contributed by atoms with Crippen LogP contribution in [0.2, 0.25) is 0 Å². The molecule has 1 aliphatic rings. The van der Waals surface area contributed by atoms with Gasteiger partial charge in [0.1, 0.15) is 0 Å². The van der Waals surface area contributed by atoms with E-state index in [1.54, 1.807) is 11.8 Å². The van der Waals surface area contributed by atoms with E-state index in [9.17, 15) is 9.59 Å². The van der Waals surface area contributed by atoms with Crippen LogP contribution in [0.1, 0.15) is 51.0 Å². The molecule has 144 valence electrons. The molecular formula is C21H32N2O2S. The maximum Gasteiger partial charge on any atom is 0.232 e. The molecule has 1 heterocycles. The SMILES string of the molecule is CCCCCCNC(=O)C1CCCN(C(=O)CSc2ccc(C)cc2)C1. The van der Waals surface area contributed by atoms with E-state index >= 15 is 0 Å². The summed E-state index contributed by atoms with van der Waals surface area (Å²) in [7, 11) is 0. The van der Waals surface area contributed by atoms with Crippen LogP contribution in [0.25, 0.3) is 0 Å². The minimum atomic E-state index is -0.0525. The van der Waals surface area contributed by atoms with Crippen molar-refractivity contribution in [2.45, 2.75) is 57.3 Å². The Balaban J connectivity index is 1.73. The number of aryl methyl sites for hydroxylation is 1. The van der Waals surface area contributed by atoms with Gasteiger partial charge in [-0.1, -0.05) is 43.9 Å². The normalized spacial score (nSPS) is 17.2. The van der Waals surface area contributed by atoms with Crippen molar-refractivity contribution in [2.75, 3.05) is 25.4 Å². The van der Waals surface area contributed by atoms with E-state index in [1.807, 2.05) is 4.90 Å². The zero-order valence-electron chi connectivity index (χ0n) is 16.1. The van der Waals surface area contributed by atoms with E-state index < -0.39 is 0 Å². The van der Waals surface area contributed by atoms with Gasteiger partial charge in [0, 0.05) is 24.5 Å². The Labute approximate surface area is 162 Å². The zero-order chi connectivity index (χ0) is 18.8. The third kappa shape index (κ3) is 7.02. The van der Waals surface area contributed by atoms with Gasteiger partial charge in [-0.25, -0.2) is 0 Å². The minimum absolute atomic E-state index is 0.0525. The first-order chi connectivity index (χ1) is 12.6. The first kappa shape index (κ1) is 20.8. The lowest BCUT2D eigenvalue weighted by Gasteiger charge is -2.32. The summed E-state index contributed by atoms with van der Waals surface area (Å²) < 4.78 is 0. The highest BCUT2D eigenvalue weighted by atomic mass is 32.2. The Kier molecular flexibility index (Phi) is 9.02. The molecule has 0 saturated carbocycles. The second-order valence-electron chi connectivity index (χ2n) is 7.13. The van der Waals surface area contributed by atoms with Gasteiger partial charge in [0.15, 0.2) is 0 Å². The average Bonchev–Trinajstić information content (AvgIpc) is 2.67. The third-order valence-corrected chi connectivity index (χ3v) is 5.85. The topological polar surface area (TPSA) is 49.4 Å². The standard InChI is InChI=1S/C21H32N2O2S/c1-3-4-5-6-13-22-21(25)18-8-7-14-23(15-18)20(24)16-26-19-11-9-17(2)10-12-19/h9-12,18H,3-8,13-16H2,1-2H3,(H,22,25). The zero-order valence-corrected chi connectivity index (χ0v) is 16.9. The Morgan fingerprint density at radius 2 is 1.96 bits per heavy atom. The fourth-order valence-electron chi connectivity index (χ4n) is 3.20. The number of hydrogen-bond acceptors (Lipinski definition) is 3. The molecule has 1 saturated heterocycles. The van der Waals surface area contributed by atoms with Crippen molar-refractivity contribution in [3.63, 3.8) is 0 Å². The van der Waals surface area contributed by atoms with Gasteiger partial charge in [-0.3, -0.25) is 9.59 Å². The molecule has 0 aliphatic carbocycles. The Hall–Kier alpha value is -1.49. The lowest BCUT2D eigenvalue weighted by Crippen LogP contribution is -2.46. The Bertz CT molecular complexity index is 574. The Morgan fingerprint density at radius 3 is 2.69 bits per heavy atom. The molecule has 26 heavy (non-hydrogen) atoms. The molecule has 0 spiro atoms. The first-order valence-electron chi connectivity index (χ1n) is 9.85. The summed E-state index contributed by atoms with van der Waals surface area (Å²) in [4.78, 5) is 27.8. The molecule has 1 aliphatic heterocycles.